The first-order valence-electron chi connectivity index (χ1n) is 10.6. The number of hydrogen-bond donors (Lipinski definition) is 6. The quantitative estimate of drug-likeness (QED) is 0.232. The molecule has 0 saturated heterocycles. The van der Waals surface area contributed by atoms with E-state index in [0.29, 0.717) is 11.3 Å². The average molecular weight is 483 g/mol. The Bertz CT molecular complexity index is 816. The summed E-state index contributed by atoms with van der Waals surface area (Å²) in [4.78, 5) is 49.5. The van der Waals surface area contributed by atoms with E-state index in [1.54, 1.807) is 26.0 Å². The van der Waals surface area contributed by atoms with Gasteiger partial charge in [0.15, 0.2) is 0 Å². The van der Waals surface area contributed by atoms with E-state index in [9.17, 15) is 29.4 Å². The average Bonchev–Trinajstić information content (AvgIpc) is 2.74. The maximum Gasteiger partial charge on any atom is 0.326 e. The van der Waals surface area contributed by atoms with Crippen LogP contribution < -0.4 is 21.7 Å². The van der Waals surface area contributed by atoms with Crippen molar-refractivity contribution in [3.8, 4) is 5.75 Å². The maximum atomic E-state index is 12.9. The van der Waals surface area contributed by atoms with Crippen LogP contribution in [0.25, 0.3) is 0 Å². The minimum absolute atomic E-state index is 0.00358. The Morgan fingerprint density at radius 3 is 2.00 bits per heavy atom. The van der Waals surface area contributed by atoms with Gasteiger partial charge < -0.3 is 31.9 Å². The highest BCUT2D eigenvalue weighted by Gasteiger charge is 2.31. The third kappa shape index (κ3) is 9.70. The summed E-state index contributed by atoms with van der Waals surface area (Å²) in [6, 6.07) is 2.08. The topological polar surface area (TPSA) is 171 Å². The third-order valence-corrected chi connectivity index (χ3v) is 5.54. The van der Waals surface area contributed by atoms with Gasteiger partial charge in [-0.25, -0.2) is 4.79 Å². The first-order valence-corrected chi connectivity index (χ1v) is 12.0. The van der Waals surface area contributed by atoms with Crippen molar-refractivity contribution in [1.82, 2.24) is 16.0 Å². The predicted octanol–water partition coefficient (Wildman–Crippen LogP) is 0.230. The Morgan fingerprint density at radius 2 is 1.52 bits per heavy atom. The standard InChI is InChI=1S/C22H34N4O6S/c1-12(2)18(26-19(28)13(3)23)21(30)24-16(9-10-33-4)20(29)25-17(22(31)32)11-14-5-7-15(27)8-6-14/h5-8,12-13,16-18,27H,9-11,23H2,1-4H3,(H,24,30)(H,25,29)(H,26,28)(H,31,32). The monoisotopic (exact) mass is 482 g/mol. The third-order valence-electron chi connectivity index (χ3n) is 4.89. The van der Waals surface area contributed by atoms with E-state index in [2.05, 4.69) is 16.0 Å². The van der Waals surface area contributed by atoms with Gasteiger partial charge in [-0.2, -0.15) is 11.8 Å². The van der Waals surface area contributed by atoms with Gasteiger partial charge in [-0.3, -0.25) is 14.4 Å². The van der Waals surface area contributed by atoms with Crippen LogP contribution in [0.15, 0.2) is 24.3 Å². The Balaban J connectivity index is 2.95. The van der Waals surface area contributed by atoms with Gasteiger partial charge in [-0.05, 0) is 49.0 Å². The summed E-state index contributed by atoms with van der Waals surface area (Å²) in [5.74, 6) is -2.57. The number of hydrogen-bond acceptors (Lipinski definition) is 7. The van der Waals surface area contributed by atoms with Crippen LogP contribution in [-0.2, 0) is 25.6 Å². The van der Waals surface area contributed by atoms with Gasteiger partial charge in [0.25, 0.3) is 0 Å². The Hall–Kier alpha value is -2.79. The largest absolute Gasteiger partial charge is 0.508 e. The molecule has 10 nitrogen and oxygen atoms in total. The van der Waals surface area contributed by atoms with E-state index < -0.39 is 47.9 Å². The van der Waals surface area contributed by atoms with E-state index in [-0.39, 0.29) is 24.5 Å². The zero-order chi connectivity index (χ0) is 25.1. The fraction of sp³-hybridized carbons (Fsp3) is 0.545. The minimum atomic E-state index is -1.23. The van der Waals surface area contributed by atoms with Crippen LogP contribution in [0.4, 0.5) is 0 Å². The molecule has 1 aromatic carbocycles. The molecule has 0 aliphatic rings. The molecule has 1 aromatic rings. The number of carbonyl (C=O) groups excluding carboxylic acids is 3. The van der Waals surface area contributed by atoms with Crippen molar-refractivity contribution in [3.05, 3.63) is 29.8 Å². The number of benzene rings is 1. The summed E-state index contributed by atoms with van der Waals surface area (Å²) in [6.07, 6.45) is 2.13. The zero-order valence-corrected chi connectivity index (χ0v) is 20.1. The SMILES string of the molecule is CSCCC(NC(=O)C(NC(=O)C(C)N)C(C)C)C(=O)NC(Cc1ccc(O)cc1)C(=O)O. The normalized spacial score (nSPS) is 14.6. The van der Waals surface area contributed by atoms with E-state index in [4.69, 9.17) is 5.73 Å². The van der Waals surface area contributed by atoms with Gasteiger partial charge in [0.1, 0.15) is 23.9 Å². The molecule has 0 aliphatic heterocycles. The van der Waals surface area contributed by atoms with Crippen LogP contribution in [0, 0.1) is 5.92 Å². The van der Waals surface area contributed by atoms with Gasteiger partial charge in [-0.1, -0.05) is 26.0 Å². The van der Waals surface area contributed by atoms with Crippen molar-refractivity contribution >= 4 is 35.5 Å². The fourth-order valence-corrected chi connectivity index (χ4v) is 3.40. The Labute approximate surface area is 198 Å². The fourth-order valence-electron chi connectivity index (χ4n) is 2.93. The predicted molar refractivity (Wildman–Crippen MR) is 127 cm³/mol. The van der Waals surface area contributed by atoms with Crippen LogP contribution in [0.5, 0.6) is 5.75 Å². The van der Waals surface area contributed by atoms with Crippen LogP contribution in [0.3, 0.4) is 0 Å². The van der Waals surface area contributed by atoms with Gasteiger partial charge in [-0.15, -0.1) is 0 Å². The molecular formula is C22H34N4O6S. The number of carbonyl (C=O) groups is 4. The highest BCUT2D eigenvalue weighted by atomic mass is 32.2. The molecule has 3 amide bonds. The second kappa shape index (κ2) is 13.7. The zero-order valence-electron chi connectivity index (χ0n) is 19.3. The van der Waals surface area contributed by atoms with E-state index in [0.717, 1.165) is 0 Å². The second-order valence-corrected chi connectivity index (χ2v) is 9.12. The molecule has 0 saturated carbocycles. The summed E-state index contributed by atoms with van der Waals surface area (Å²) >= 11 is 1.48. The van der Waals surface area contributed by atoms with Crippen LogP contribution in [0.1, 0.15) is 32.8 Å². The highest BCUT2D eigenvalue weighted by molar-refractivity contribution is 7.98. The first kappa shape index (κ1) is 28.2. The van der Waals surface area contributed by atoms with Gasteiger partial charge in [0.05, 0.1) is 6.04 Å². The molecule has 0 fully saturated rings. The smallest absolute Gasteiger partial charge is 0.326 e. The molecule has 4 atom stereocenters. The van der Waals surface area contributed by atoms with Crippen LogP contribution in [0.2, 0.25) is 0 Å². The Kier molecular flexibility index (Phi) is 11.7. The lowest BCUT2D eigenvalue weighted by atomic mass is 10.0. The molecule has 0 radical (unpaired) electrons. The summed E-state index contributed by atoms with van der Waals surface area (Å²) in [7, 11) is 0. The summed E-state index contributed by atoms with van der Waals surface area (Å²) in [6.45, 7) is 5.00. The van der Waals surface area contributed by atoms with Crippen molar-refractivity contribution in [2.24, 2.45) is 11.7 Å². The molecule has 0 aliphatic carbocycles. The van der Waals surface area contributed by atoms with E-state index in [1.807, 2.05) is 6.26 Å². The van der Waals surface area contributed by atoms with Gasteiger partial charge in [0, 0.05) is 6.42 Å². The van der Waals surface area contributed by atoms with Crippen molar-refractivity contribution in [2.45, 2.75) is 57.8 Å². The molecule has 7 N–H and O–H groups in total. The van der Waals surface area contributed by atoms with Gasteiger partial charge >= 0.3 is 5.97 Å². The lowest BCUT2D eigenvalue weighted by molar-refractivity contribution is -0.142. The van der Waals surface area contributed by atoms with Crippen molar-refractivity contribution in [3.63, 3.8) is 0 Å². The van der Waals surface area contributed by atoms with Crippen molar-refractivity contribution in [2.75, 3.05) is 12.0 Å². The number of thioether (sulfide) groups is 1. The number of carboxylic acid groups (broad SMARTS) is 1. The first-order chi connectivity index (χ1) is 15.5. The van der Waals surface area contributed by atoms with Crippen molar-refractivity contribution < 1.29 is 29.4 Å². The van der Waals surface area contributed by atoms with Crippen LogP contribution >= 0.6 is 11.8 Å². The lowest BCUT2D eigenvalue weighted by Gasteiger charge is -2.26. The minimum Gasteiger partial charge on any atom is -0.508 e. The Morgan fingerprint density at radius 1 is 0.939 bits per heavy atom. The van der Waals surface area contributed by atoms with E-state index in [1.165, 1.54) is 30.8 Å². The van der Waals surface area contributed by atoms with Crippen molar-refractivity contribution in [1.29, 1.82) is 0 Å². The molecule has 0 spiro atoms. The number of phenolic OH excluding ortho intramolecular Hbond substituents is 1. The number of phenols is 1. The summed E-state index contributed by atoms with van der Waals surface area (Å²) in [5.41, 5.74) is 6.19. The molecule has 1 rings (SSSR count). The lowest BCUT2D eigenvalue weighted by Crippen LogP contribution is -2.58. The maximum absolute atomic E-state index is 12.9. The molecule has 0 aromatic heterocycles. The van der Waals surface area contributed by atoms with Gasteiger partial charge in [0.2, 0.25) is 17.7 Å². The van der Waals surface area contributed by atoms with E-state index >= 15 is 0 Å². The second-order valence-electron chi connectivity index (χ2n) is 8.13. The molecule has 11 heteroatoms. The van der Waals surface area contributed by atoms with Crippen LogP contribution in [-0.4, -0.2) is 70.1 Å². The molecule has 33 heavy (non-hydrogen) atoms. The molecule has 4 unspecified atom stereocenters. The summed E-state index contributed by atoms with van der Waals surface area (Å²) < 4.78 is 0. The molecule has 184 valence electrons. The number of carboxylic acids is 1. The molecule has 0 bridgehead atoms. The number of nitrogens with two attached hydrogens (primary N) is 1. The number of amides is 3. The number of aromatic hydroxyl groups is 1. The molecule has 0 heterocycles. The highest BCUT2D eigenvalue weighted by Crippen LogP contribution is 2.12. The molecular weight excluding hydrogens is 448 g/mol. The number of aliphatic carboxylic acids is 1. The summed E-state index contributed by atoms with van der Waals surface area (Å²) in [5, 5.41) is 26.7. The number of nitrogens with one attached hydrogen (secondary N) is 3. The number of rotatable bonds is 13.